The van der Waals surface area contributed by atoms with Crippen molar-refractivity contribution in [3.05, 3.63) is 29.8 Å². The maximum atomic E-state index is 12.1. The van der Waals surface area contributed by atoms with Crippen molar-refractivity contribution in [1.82, 2.24) is 5.32 Å². The Morgan fingerprint density at radius 2 is 1.88 bits per heavy atom. The SMILES string of the molecule is NC1CCCCC1CC(=O)NCc1ccc(OCC(F)(F)F)cc1. The van der Waals surface area contributed by atoms with Crippen molar-refractivity contribution in [2.45, 2.75) is 50.9 Å². The van der Waals surface area contributed by atoms with Crippen LogP contribution in [0.5, 0.6) is 5.75 Å². The number of nitrogens with two attached hydrogens (primary N) is 1. The van der Waals surface area contributed by atoms with Gasteiger partial charge in [0.2, 0.25) is 5.91 Å². The van der Waals surface area contributed by atoms with Crippen LogP contribution in [0.3, 0.4) is 0 Å². The summed E-state index contributed by atoms with van der Waals surface area (Å²) in [5.74, 6) is 0.335. The Morgan fingerprint density at radius 1 is 1.21 bits per heavy atom. The third-order valence-corrected chi connectivity index (χ3v) is 4.23. The second-order valence-corrected chi connectivity index (χ2v) is 6.24. The predicted molar refractivity (Wildman–Crippen MR) is 84.4 cm³/mol. The Kier molecular flexibility index (Phi) is 6.48. The number of benzene rings is 1. The number of carbonyl (C=O) groups excluding carboxylic acids is 1. The smallest absolute Gasteiger partial charge is 0.422 e. The van der Waals surface area contributed by atoms with Gasteiger partial charge in [0.05, 0.1) is 0 Å². The molecular weight excluding hydrogens is 321 g/mol. The van der Waals surface area contributed by atoms with Gasteiger partial charge in [-0.05, 0) is 36.5 Å². The molecule has 1 aliphatic carbocycles. The van der Waals surface area contributed by atoms with Gasteiger partial charge < -0.3 is 15.8 Å². The molecule has 1 amide bonds. The molecule has 1 aromatic rings. The number of hydrogen-bond acceptors (Lipinski definition) is 3. The maximum absolute atomic E-state index is 12.1. The number of alkyl halides is 3. The van der Waals surface area contributed by atoms with Gasteiger partial charge in [-0.15, -0.1) is 0 Å². The summed E-state index contributed by atoms with van der Waals surface area (Å²) in [5, 5.41) is 2.83. The molecule has 7 heteroatoms. The van der Waals surface area contributed by atoms with Crippen molar-refractivity contribution in [2.75, 3.05) is 6.61 Å². The summed E-state index contributed by atoms with van der Waals surface area (Å²) in [4.78, 5) is 12.0. The van der Waals surface area contributed by atoms with E-state index in [-0.39, 0.29) is 23.6 Å². The molecule has 0 aromatic heterocycles. The first-order valence-electron chi connectivity index (χ1n) is 8.14. The molecule has 4 nitrogen and oxygen atoms in total. The number of halogens is 3. The molecule has 2 unspecified atom stereocenters. The van der Waals surface area contributed by atoms with E-state index >= 15 is 0 Å². The van der Waals surface area contributed by atoms with Crippen LogP contribution in [0.15, 0.2) is 24.3 Å². The molecule has 0 aliphatic heterocycles. The molecule has 1 aromatic carbocycles. The highest BCUT2D eigenvalue weighted by Crippen LogP contribution is 2.25. The molecule has 3 N–H and O–H groups in total. The van der Waals surface area contributed by atoms with Crippen molar-refractivity contribution >= 4 is 5.91 Å². The molecule has 0 saturated heterocycles. The highest BCUT2D eigenvalue weighted by molar-refractivity contribution is 5.76. The van der Waals surface area contributed by atoms with Crippen LogP contribution in [0.1, 0.15) is 37.7 Å². The largest absolute Gasteiger partial charge is 0.484 e. The van der Waals surface area contributed by atoms with Gasteiger partial charge in [-0.2, -0.15) is 13.2 Å². The van der Waals surface area contributed by atoms with Crippen LogP contribution in [0.25, 0.3) is 0 Å². The number of carbonyl (C=O) groups is 1. The van der Waals surface area contributed by atoms with E-state index in [1.165, 1.54) is 12.1 Å². The van der Waals surface area contributed by atoms with E-state index in [9.17, 15) is 18.0 Å². The molecule has 24 heavy (non-hydrogen) atoms. The van der Waals surface area contributed by atoms with E-state index in [0.29, 0.717) is 13.0 Å². The lowest BCUT2D eigenvalue weighted by molar-refractivity contribution is -0.153. The van der Waals surface area contributed by atoms with Gasteiger partial charge in [-0.1, -0.05) is 25.0 Å². The minimum Gasteiger partial charge on any atom is -0.484 e. The second kappa shape index (κ2) is 8.37. The van der Waals surface area contributed by atoms with Crippen molar-refractivity contribution in [1.29, 1.82) is 0 Å². The van der Waals surface area contributed by atoms with E-state index in [0.717, 1.165) is 31.2 Å². The first-order chi connectivity index (χ1) is 11.3. The fourth-order valence-electron chi connectivity index (χ4n) is 2.87. The maximum Gasteiger partial charge on any atom is 0.422 e. The molecule has 134 valence electrons. The van der Waals surface area contributed by atoms with E-state index in [2.05, 4.69) is 10.1 Å². The van der Waals surface area contributed by atoms with Crippen LogP contribution in [-0.4, -0.2) is 24.7 Å². The number of ether oxygens (including phenoxy) is 1. The molecule has 2 rings (SSSR count). The van der Waals surface area contributed by atoms with Gasteiger partial charge in [-0.3, -0.25) is 4.79 Å². The van der Waals surface area contributed by atoms with Gasteiger partial charge in [0.1, 0.15) is 5.75 Å². The first kappa shape index (κ1) is 18.6. The lowest BCUT2D eigenvalue weighted by atomic mass is 9.83. The lowest BCUT2D eigenvalue weighted by Crippen LogP contribution is -2.36. The molecular formula is C17H23F3N2O2. The van der Waals surface area contributed by atoms with Crippen molar-refractivity contribution in [2.24, 2.45) is 11.7 Å². The molecule has 1 aliphatic rings. The average Bonchev–Trinajstić information content (AvgIpc) is 2.53. The van der Waals surface area contributed by atoms with Gasteiger partial charge in [0.15, 0.2) is 6.61 Å². The Morgan fingerprint density at radius 3 is 2.50 bits per heavy atom. The normalized spacial score (nSPS) is 21.3. The molecule has 0 bridgehead atoms. The van der Waals surface area contributed by atoms with Crippen molar-refractivity contribution in [3.8, 4) is 5.75 Å². The van der Waals surface area contributed by atoms with Crippen LogP contribution < -0.4 is 15.8 Å². The van der Waals surface area contributed by atoms with E-state index in [1.807, 2.05) is 0 Å². The minimum atomic E-state index is -4.35. The molecule has 1 fully saturated rings. The molecule has 0 spiro atoms. The zero-order valence-electron chi connectivity index (χ0n) is 13.4. The Labute approximate surface area is 139 Å². The molecule has 2 atom stereocenters. The van der Waals surface area contributed by atoms with E-state index < -0.39 is 12.8 Å². The third-order valence-electron chi connectivity index (χ3n) is 4.23. The zero-order valence-corrected chi connectivity index (χ0v) is 13.4. The van der Waals surface area contributed by atoms with Crippen LogP contribution >= 0.6 is 0 Å². The van der Waals surface area contributed by atoms with Crippen LogP contribution in [0.2, 0.25) is 0 Å². The summed E-state index contributed by atoms with van der Waals surface area (Å²) in [5.41, 5.74) is 6.84. The average molecular weight is 344 g/mol. The highest BCUT2D eigenvalue weighted by Gasteiger charge is 2.28. The lowest BCUT2D eigenvalue weighted by Gasteiger charge is -2.27. The van der Waals surface area contributed by atoms with E-state index in [1.54, 1.807) is 12.1 Å². The summed E-state index contributed by atoms with van der Waals surface area (Å²) in [6.45, 7) is -0.981. The Balaban J connectivity index is 1.74. The third kappa shape index (κ3) is 6.39. The topological polar surface area (TPSA) is 64.4 Å². The van der Waals surface area contributed by atoms with Gasteiger partial charge in [0.25, 0.3) is 0 Å². The summed E-state index contributed by atoms with van der Waals surface area (Å²) in [6, 6.07) is 6.29. The van der Waals surface area contributed by atoms with Gasteiger partial charge in [-0.25, -0.2) is 0 Å². The standard InChI is InChI=1S/C17H23F3N2O2/c18-17(19,20)11-24-14-7-5-12(6-8-14)10-22-16(23)9-13-3-1-2-4-15(13)21/h5-8,13,15H,1-4,9-11,21H2,(H,22,23). The van der Waals surface area contributed by atoms with Gasteiger partial charge >= 0.3 is 6.18 Å². The summed E-state index contributed by atoms with van der Waals surface area (Å²) in [6.07, 6.45) is 0.269. The molecule has 0 heterocycles. The van der Waals surface area contributed by atoms with Crippen LogP contribution in [0, 0.1) is 5.92 Å². The predicted octanol–water partition coefficient (Wildman–Crippen LogP) is 3.15. The summed E-state index contributed by atoms with van der Waals surface area (Å²) in [7, 11) is 0. The zero-order chi connectivity index (χ0) is 17.6. The number of nitrogens with one attached hydrogen (secondary N) is 1. The monoisotopic (exact) mass is 344 g/mol. The van der Waals surface area contributed by atoms with E-state index in [4.69, 9.17) is 5.73 Å². The molecule has 0 radical (unpaired) electrons. The molecule has 1 saturated carbocycles. The minimum absolute atomic E-state index is 0.0465. The number of hydrogen-bond donors (Lipinski definition) is 2. The number of amides is 1. The number of rotatable bonds is 6. The van der Waals surface area contributed by atoms with Gasteiger partial charge in [0, 0.05) is 19.0 Å². The van der Waals surface area contributed by atoms with Crippen molar-refractivity contribution in [3.63, 3.8) is 0 Å². The first-order valence-corrected chi connectivity index (χ1v) is 8.14. The van der Waals surface area contributed by atoms with Crippen LogP contribution in [0.4, 0.5) is 13.2 Å². The fourth-order valence-corrected chi connectivity index (χ4v) is 2.87. The highest BCUT2D eigenvalue weighted by atomic mass is 19.4. The Hall–Kier alpha value is -1.76. The second-order valence-electron chi connectivity index (χ2n) is 6.24. The van der Waals surface area contributed by atoms with Crippen molar-refractivity contribution < 1.29 is 22.7 Å². The summed E-state index contributed by atoms with van der Waals surface area (Å²) >= 11 is 0. The quantitative estimate of drug-likeness (QED) is 0.833. The summed E-state index contributed by atoms with van der Waals surface area (Å²) < 4.78 is 40.8. The Bertz CT molecular complexity index is 532. The van der Waals surface area contributed by atoms with Crippen LogP contribution in [-0.2, 0) is 11.3 Å². The fraction of sp³-hybridized carbons (Fsp3) is 0.588.